The van der Waals surface area contributed by atoms with Gasteiger partial charge < -0.3 is 11.1 Å². The zero-order valence-electron chi connectivity index (χ0n) is 10.6. The summed E-state index contributed by atoms with van der Waals surface area (Å²) in [6.07, 6.45) is 1.66. The van der Waals surface area contributed by atoms with Crippen LogP contribution in [0.25, 0.3) is 0 Å². The molecule has 0 saturated carbocycles. The average molecular weight is 348 g/mol. The summed E-state index contributed by atoms with van der Waals surface area (Å²) in [6.45, 7) is -1.49. The summed E-state index contributed by atoms with van der Waals surface area (Å²) in [5.41, 5.74) is 5.70. The molecule has 116 valence electrons. The van der Waals surface area contributed by atoms with Crippen LogP contribution in [-0.2, 0) is 10.5 Å². The van der Waals surface area contributed by atoms with Crippen LogP contribution >= 0.6 is 36.6 Å². The number of hydrogen-bond donors (Lipinski definition) is 2. The maximum Gasteiger partial charge on any atom is 0.277 e. The third-order valence-corrected chi connectivity index (χ3v) is 3.02. The summed E-state index contributed by atoms with van der Waals surface area (Å²) < 4.78 is 25.5. The van der Waals surface area contributed by atoms with E-state index in [1.807, 2.05) is 12.1 Å². The average Bonchev–Trinajstić information content (AvgIpc) is 2.38. The number of nitrogens with two attached hydrogens (primary N) is 1. The number of thioether (sulfide) groups is 1. The highest BCUT2D eigenvalue weighted by atomic mass is 35.5. The van der Waals surface area contributed by atoms with Gasteiger partial charge in [-0.15, -0.1) is 36.6 Å². The summed E-state index contributed by atoms with van der Waals surface area (Å²) >= 11 is 1.32. The van der Waals surface area contributed by atoms with Gasteiger partial charge in [0.1, 0.15) is 0 Å². The molecule has 0 spiro atoms. The molecule has 0 aliphatic rings. The molecule has 1 aromatic rings. The van der Waals surface area contributed by atoms with Crippen LogP contribution in [0.5, 0.6) is 0 Å². The van der Waals surface area contributed by atoms with E-state index in [0.717, 1.165) is 5.69 Å². The first kappa shape index (κ1) is 21.7. The molecule has 1 rings (SSSR count). The molecular weight excluding hydrogens is 331 g/mol. The highest BCUT2D eigenvalue weighted by Gasteiger charge is 2.26. The molecule has 1 aromatic heterocycles. The molecule has 0 aliphatic carbocycles. The van der Waals surface area contributed by atoms with E-state index in [9.17, 15) is 13.6 Å². The number of alkyl halides is 2. The Kier molecular flexibility index (Phi) is 12.0. The SMILES string of the molecule is Cl.Cl.NCC(F)(F)CNC(=O)CSCc1ccccn1. The number of hydrogen-bond acceptors (Lipinski definition) is 4. The molecule has 0 atom stereocenters. The largest absolute Gasteiger partial charge is 0.349 e. The molecule has 0 aromatic carbocycles. The predicted molar refractivity (Wildman–Crippen MR) is 81.9 cm³/mol. The second-order valence-electron chi connectivity index (χ2n) is 3.65. The van der Waals surface area contributed by atoms with Crippen molar-refractivity contribution in [2.75, 3.05) is 18.8 Å². The third kappa shape index (κ3) is 9.30. The first-order valence-corrected chi connectivity index (χ1v) is 6.51. The molecule has 0 radical (unpaired) electrons. The first-order chi connectivity index (χ1) is 8.53. The Balaban J connectivity index is 0. The van der Waals surface area contributed by atoms with Gasteiger partial charge in [0.15, 0.2) is 0 Å². The van der Waals surface area contributed by atoms with E-state index < -0.39 is 24.9 Å². The van der Waals surface area contributed by atoms with Gasteiger partial charge in [-0.2, -0.15) is 0 Å². The molecule has 0 saturated heterocycles. The molecule has 9 heteroatoms. The molecule has 0 unspecified atom stereocenters. The highest BCUT2D eigenvalue weighted by molar-refractivity contribution is 7.99. The van der Waals surface area contributed by atoms with Crippen molar-refractivity contribution < 1.29 is 13.6 Å². The summed E-state index contributed by atoms with van der Waals surface area (Å²) in [4.78, 5) is 15.4. The number of nitrogens with zero attached hydrogens (tertiary/aromatic N) is 1. The van der Waals surface area contributed by atoms with Crippen LogP contribution in [0, 0.1) is 0 Å². The van der Waals surface area contributed by atoms with E-state index in [-0.39, 0.29) is 30.6 Å². The van der Waals surface area contributed by atoms with Crippen LogP contribution in [0.1, 0.15) is 5.69 Å². The molecule has 0 fully saturated rings. The Morgan fingerprint density at radius 2 is 2.10 bits per heavy atom. The van der Waals surface area contributed by atoms with Gasteiger partial charge >= 0.3 is 0 Å². The minimum Gasteiger partial charge on any atom is -0.349 e. The summed E-state index contributed by atoms with van der Waals surface area (Å²) in [7, 11) is 0. The maximum atomic E-state index is 12.7. The lowest BCUT2D eigenvalue weighted by Gasteiger charge is -2.14. The fraction of sp³-hybridized carbons (Fsp3) is 0.455. The van der Waals surface area contributed by atoms with Gasteiger partial charge in [0.2, 0.25) is 5.91 Å². The number of amides is 1. The Bertz CT molecular complexity index is 385. The van der Waals surface area contributed by atoms with E-state index in [1.165, 1.54) is 11.8 Å². The molecule has 4 nitrogen and oxygen atoms in total. The number of aromatic nitrogens is 1. The molecular formula is C11H17Cl2F2N3OS. The van der Waals surface area contributed by atoms with Crippen LogP contribution in [0.15, 0.2) is 24.4 Å². The van der Waals surface area contributed by atoms with Crippen molar-refractivity contribution in [3.05, 3.63) is 30.1 Å². The smallest absolute Gasteiger partial charge is 0.277 e. The van der Waals surface area contributed by atoms with Gasteiger partial charge in [-0.25, -0.2) is 8.78 Å². The van der Waals surface area contributed by atoms with Crippen LogP contribution < -0.4 is 11.1 Å². The van der Waals surface area contributed by atoms with Gasteiger partial charge in [-0.05, 0) is 12.1 Å². The summed E-state index contributed by atoms with van der Waals surface area (Å²) in [5.74, 6) is -2.77. The van der Waals surface area contributed by atoms with E-state index >= 15 is 0 Å². The van der Waals surface area contributed by atoms with Gasteiger partial charge in [0.25, 0.3) is 5.92 Å². The van der Waals surface area contributed by atoms with Crippen molar-refractivity contribution in [1.29, 1.82) is 0 Å². The molecule has 3 N–H and O–H groups in total. The van der Waals surface area contributed by atoms with Crippen LogP contribution in [0.3, 0.4) is 0 Å². The van der Waals surface area contributed by atoms with Crippen LogP contribution in [0.2, 0.25) is 0 Å². The molecule has 1 heterocycles. The summed E-state index contributed by atoms with van der Waals surface area (Å²) in [6, 6.07) is 5.49. The van der Waals surface area contributed by atoms with Crippen molar-refractivity contribution in [1.82, 2.24) is 10.3 Å². The second-order valence-corrected chi connectivity index (χ2v) is 4.64. The Hall–Kier alpha value is -0.630. The highest BCUT2D eigenvalue weighted by Crippen LogP contribution is 2.10. The van der Waals surface area contributed by atoms with Gasteiger partial charge in [0.05, 0.1) is 24.5 Å². The number of nitrogens with one attached hydrogen (secondary N) is 1. The normalized spacial score (nSPS) is 10.2. The quantitative estimate of drug-likeness (QED) is 0.789. The maximum absolute atomic E-state index is 12.7. The lowest BCUT2D eigenvalue weighted by Crippen LogP contribution is -2.42. The molecule has 20 heavy (non-hydrogen) atoms. The lowest BCUT2D eigenvalue weighted by atomic mass is 10.3. The third-order valence-electron chi connectivity index (χ3n) is 2.05. The lowest BCUT2D eigenvalue weighted by molar-refractivity contribution is -0.120. The van der Waals surface area contributed by atoms with Crippen molar-refractivity contribution in [2.24, 2.45) is 5.73 Å². The van der Waals surface area contributed by atoms with Gasteiger partial charge in [-0.1, -0.05) is 6.07 Å². The van der Waals surface area contributed by atoms with Crippen molar-refractivity contribution in [3.8, 4) is 0 Å². The zero-order chi connectivity index (χ0) is 13.4. The van der Waals surface area contributed by atoms with E-state index in [4.69, 9.17) is 5.73 Å². The van der Waals surface area contributed by atoms with Crippen LogP contribution in [-0.4, -0.2) is 35.7 Å². The number of carbonyl (C=O) groups is 1. The first-order valence-electron chi connectivity index (χ1n) is 5.36. The number of pyridine rings is 1. The minimum atomic E-state index is -3.04. The topological polar surface area (TPSA) is 68.0 Å². The minimum absolute atomic E-state index is 0. The Morgan fingerprint density at radius 3 is 2.65 bits per heavy atom. The van der Waals surface area contributed by atoms with Crippen molar-refractivity contribution >= 4 is 42.5 Å². The molecule has 0 aliphatic heterocycles. The van der Waals surface area contributed by atoms with Crippen molar-refractivity contribution in [2.45, 2.75) is 11.7 Å². The van der Waals surface area contributed by atoms with E-state index in [1.54, 1.807) is 12.3 Å². The molecule has 1 amide bonds. The Labute approximate surface area is 133 Å². The number of rotatable bonds is 7. The monoisotopic (exact) mass is 347 g/mol. The van der Waals surface area contributed by atoms with Gasteiger partial charge in [-0.3, -0.25) is 9.78 Å². The fourth-order valence-electron chi connectivity index (χ4n) is 1.08. The zero-order valence-corrected chi connectivity index (χ0v) is 13.0. The van der Waals surface area contributed by atoms with E-state index in [2.05, 4.69) is 10.3 Å². The number of carbonyl (C=O) groups excluding carboxylic acids is 1. The molecule has 0 bridgehead atoms. The number of halogens is 4. The fourth-order valence-corrected chi connectivity index (χ4v) is 1.85. The van der Waals surface area contributed by atoms with Crippen molar-refractivity contribution in [3.63, 3.8) is 0 Å². The second kappa shape index (κ2) is 11.1. The predicted octanol–water partition coefficient (Wildman–Crippen LogP) is 1.87. The van der Waals surface area contributed by atoms with Gasteiger partial charge in [0, 0.05) is 11.9 Å². The Morgan fingerprint density at radius 1 is 1.40 bits per heavy atom. The summed E-state index contributed by atoms with van der Waals surface area (Å²) in [5, 5.41) is 2.15. The standard InChI is InChI=1S/C11H15F2N3OS.2ClH/c12-11(13,7-14)8-16-10(17)6-18-5-9-3-1-2-4-15-9;;/h1-4H,5-8,14H2,(H,16,17);2*1H. The van der Waals surface area contributed by atoms with Crippen LogP contribution in [0.4, 0.5) is 8.78 Å². The van der Waals surface area contributed by atoms with E-state index in [0.29, 0.717) is 5.75 Å².